The lowest BCUT2D eigenvalue weighted by molar-refractivity contribution is 0.537. The van der Waals surface area contributed by atoms with Crippen LogP contribution in [0, 0.1) is 0 Å². The zero-order chi connectivity index (χ0) is 19.1. The maximum atomic E-state index is 6.67. The van der Waals surface area contributed by atoms with Gasteiger partial charge in [-0.2, -0.15) is 5.10 Å². The van der Waals surface area contributed by atoms with Gasteiger partial charge in [-0.1, -0.05) is 12.1 Å². The van der Waals surface area contributed by atoms with Crippen molar-refractivity contribution >= 4 is 33.5 Å². The summed E-state index contributed by atoms with van der Waals surface area (Å²) >= 11 is 0. The zero-order valence-electron chi connectivity index (χ0n) is 15.5. The van der Waals surface area contributed by atoms with Crippen LogP contribution in [-0.2, 0) is 6.42 Å². The molecule has 6 N–H and O–H groups in total. The molecule has 0 fully saturated rings. The van der Waals surface area contributed by atoms with Crippen LogP contribution in [0.2, 0.25) is 0 Å². The van der Waals surface area contributed by atoms with Crippen LogP contribution in [0.25, 0.3) is 21.8 Å². The zero-order valence-corrected chi connectivity index (χ0v) is 15.5. The van der Waals surface area contributed by atoms with E-state index in [1.165, 1.54) is 5.39 Å². The Kier molecular flexibility index (Phi) is 3.70. The molecule has 0 bridgehead atoms. The summed E-state index contributed by atoms with van der Waals surface area (Å²) < 4.78 is 0. The SMILES string of the molecule is CC1=CC(N)(Cc2ccc3[nH]ccc3c2)N=C(Nc2cccc3[nH]ncc23)N1. The molecule has 7 heteroatoms. The first kappa shape index (κ1) is 16.6. The van der Waals surface area contributed by atoms with Gasteiger partial charge in [0.15, 0.2) is 0 Å². The van der Waals surface area contributed by atoms with Gasteiger partial charge in [0, 0.05) is 29.2 Å². The molecule has 28 heavy (non-hydrogen) atoms. The number of rotatable bonds is 3. The van der Waals surface area contributed by atoms with E-state index in [-0.39, 0.29) is 0 Å². The molecule has 0 amide bonds. The molecule has 0 radical (unpaired) electrons. The largest absolute Gasteiger partial charge is 0.361 e. The highest BCUT2D eigenvalue weighted by Crippen LogP contribution is 2.24. The molecule has 0 aliphatic carbocycles. The number of H-pyrrole nitrogens is 2. The standard InChI is InChI=1S/C21H21N7/c1-13-10-21(22,11-14-5-6-17-15(9-14)7-8-23-17)27-20(25-13)26-18-3-2-4-19-16(18)12-24-28-19/h2-10,12,23H,11,22H2,1H3,(H,24,28)(H2,25,26,27). The normalized spacial score (nSPS) is 19.4. The first-order valence-corrected chi connectivity index (χ1v) is 9.18. The van der Waals surface area contributed by atoms with Crippen molar-refractivity contribution in [1.82, 2.24) is 20.5 Å². The number of aromatic amines is 2. The highest BCUT2D eigenvalue weighted by atomic mass is 15.2. The molecule has 1 atom stereocenters. The molecule has 1 unspecified atom stereocenters. The van der Waals surface area contributed by atoms with E-state index in [2.05, 4.69) is 50.1 Å². The highest BCUT2D eigenvalue weighted by molar-refractivity contribution is 6.03. The topological polar surface area (TPSA) is 107 Å². The third-order valence-electron chi connectivity index (χ3n) is 4.94. The van der Waals surface area contributed by atoms with E-state index < -0.39 is 5.66 Å². The summed E-state index contributed by atoms with van der Waals surface area (Å²) in [6.07, 6.45) is 6.32. The van der Waals surface area contributed by atoms with Gasteiger partial charge in [0.2, 0.25) is 5.96 Å². The Hall–Kier alpha value is -3.58. The number of guanidine groups is 1. The fourth-order valence-electron chi connectivity index (χ4n) is 3.76. The van der Waals surface area contributed by atoms with Crippen LogP contribution in [-0.4, -0.2) is 26.8 Å². The molecule has 1 aliphatic heterocycles. The van der Waals surface area contributed by atoms with E-state index in [0.29, 0.717) is 12.4 Å². The van der Waals surface area contributed by atoms with Gasteiger partial charge in [0.25, 0.3) is 0 Å². The molecule has 140 valence electrons. The predicted molar refractivity (Wildman–Crippen MR) is 113 cm³/mol. The van der Waals surface area contributed by atoms with Crippen LogP contribution in [0.1, 0.15) is 12.5 Å². The lowest BCUT2D eigenvalue weighted by atomic mass is 9.98. The second kappa shape index (κ2) is 6.24. The summed E-state index contributed by atoms with van der Waals surface area (Å²) in [5.74, 6) is 0.624. The van der Waals surface area contributed by atoms with Crippen molar-refractivity contribution < 1.29 is 0 Å². The number of allylic oxidation sites excluding steroid dienone is 1. The lowest BCUT2D eigenvalue weighted by Gasteiger charge is -2.29. The summed E-state index contributed by atoms with van der Waals surface area (Å²) in [5.41, 5.74) is 10.9. The summed E-state index contributed by atoms with van der Waals surface area (Å²) in [7, 11) is 0. The summed E-state index contributed by atoms with van der Waals surface area (Å²) in [6.45, 7) is 1.99. The van der Waals surface area contributed by atoms with E-state index >= 15 is 0 Å². The maximum Gasteiger partial charge on any atom is 0.202 e. The molecular formula is C21H21N7. The van der Waals surface area contributed by atoms with Gasteiger partial charge >= 0.3 is 0 Å². The fraction of sp³-hybridized carbons (Fsp3) is 0.143. The first-order chi connectivity index (χ1) is 13.6. The predicted octanol–water partition coefficient (Wildman–Crippen LogP) is 3.22. The molecule has 3 heterocycles. The van der Waals surface area contributed by atoms with E-state index in [1.807, 2.05) is 37.4 Å². The number of fused-ring (bicyclic) bond motifs is 2. The Morgan fingerprint density at radius 1 is 1.14 bits per heavy atom. The smallest absolute Gasteiger partial charge is 0.202 e. The van der Waals surface area contributed by atoms with Gasteiger partial charge in [-0.05, 0) is 54.3 Å². The number of anilines is 1. The molecule has 4 aromatic rings. The fourth-order valence-corrected chi connectivity index (χ4v) is 3.76. The van der Waals surface area contributed by atoms with E-state index in [0.717, 1.165) is 33.4 Å². The molecule has 7 nitrogen and oxygen atoms in total. The minimum absolute atomic E-state index is 0.605. The number of nitrogens with two attached hydrogens (primary N) is 1. The summed E-state index contributed by atoms with van der Waals surface area (Å²) in [4.78, 5) is 7.99. The molecule has 2 aromatic carbocycles. The minimum atomic E-state index is -0.827. The Bertz CT molecular complexity index is 1230. The molecule has 2 aromatic heterocycles. The van der Waals surface area contributed by atoms with E-state index in [4.69, 9.17) is 10.7 Å². The van der Waals surface area contributed by atoms with E-state index in [1.54, 1.807) is 6.20 Å². The van der Waals surface area contributed by atoms with E-state index in [9.17, 15) is 0 Å². The molecule has 0 saturated heterocycles. The van der Waals surface area contributed by atoms with Crippen molar-refractivity contribution in [1.29, 1.82) is 0 Å². The molecule has 0 saturated carbocycles. The van der Waals surface area contributed by atoms with Crippen LogP contribution in [0.4, 0.5) is 5.69 Å². The van der Waals surface area contributed by atoms with Crippen LogP contribution in [0.3, 0.4) is 0 Å². The number of nitrogens with zero attached hydrogens (tertiary/aromatic N) is 2. The lowest BCUT2D eigenvalue weighted by Crippen LogP contribution is -2.47. The van der Waals surface area contributed by atoms with Crippen LogP contribution < -0.4 is 16.4 Å². The molecule has 1 aliphatic rings. The van der Waals surface area contributed by atoms with Crippen molar-refractivity contribution in [3.8, 4) is 0 Å². The second-order valence-corrected chi connectivity index (χ2v) is 7.24. The summed E-state index contributed by atoms with van der Waals surface area (Å²) in [6, 6.07) is 14.3. The van der Waals surface area contributed by atoms with Gasteiger partial charge < -0.3 is 21.4 Å². The van der Waals surface area contributed by atoms with Crippen LogP contribution in [0.15, 0.2) is 71.6 Å². The average molecular weight is 371 g/mol. The molecule has 5 rings (SSSR count). The quantitative estimate of drug-likeness (QED) is 0.381. The molecular weight excluding hydrogens is 350 g/mol. The van der Waals surface area contributed by atoms with Crippen molar-refractivity contribution in [2.45, 2.75) is 19.0 Å². The minimum Gasteiger partial charge on any atom is -0.361 e. The second-order valence-electron chi connectivity index (χ2n) is 7.24. The number of aromatic nitrogens is 3. The number of aliphatic imine (C=N–C) groups is 1. The number of nitrogens with one attached hydrogen (secondary N) is 4. The Morgan fingerprint density at radius 2 is 2.07 bits per heavy atom. The first-order valence-electron chi connectivity index (χ1n) is 9.18. The van der Waals surface area contributed by atoms with Crippen LogP contribution >= 0.6 is 0 Å². The Labute approximate surface area is 161 Å². The van der Waals surface area contributed by atoms with Gasteiger partial charge in [-0.3, -0.25) is 5.10 Å². The third kappa shape index (κ3) is 3.01. The number of hydrogen-bond acceptors (Lipinski definition) is 5. The van der Waals surface area contributed by atoms with Crippen LogP contribution in [0.5, 0.6) is 0 Å². The maximum absolute atomic E-state index is 6.67. The van der Waals surface area contributed by atoms with Gasteiger partial charge in [0.05, 0.1) is 17.4 Å². The number of hydrogen-bond donors (Lipinski definition) is 5. The highest BCUT2D eigenvalue weighted by Gasteiger charge is 2.27. The average Bonchev–Trinajstić information content (AvgIpc) is 3.29. The van der Waals surface area contributed by atoms with Gasteiger partial charge in [-0.25, -0.2) is 4.99 Å². The number of benzene rings is 2. The van der Waals surface area contributed by atoms with Gasteiger partial charge in [0.1, 0.15) is 5.66 Å². The van der Waals surface area contributed by atoms with Crippen molar-refractivity contribution in [2.75, 3.05) is 5.32 Å². The van der Waals surface area contributed by atoms with Crippen molar-refractivity contribution in [3.63, 3.8) is 0 Å². The van der Waals surface area contributed by atoms with Gasteiger partial charge in [-0.15, -0.1) is 0 Å². The summed E-state index contributed by atoms with van der Waals surface area (Å²) in [5, 5.41) is 15.9. The Balaban J connectivity index is 1.45. The Morgan fingerprint density at radius 3 is 3.00 bits per heavy atom. The molecule has 0 spiro atoms. The van der Waals surface area contributed by atoms with Crippen molar-refractivity contribution in [2.24, 2.45) is 10.7 Å². The monoisotopic (exact) mass is 371 g/mol. The third-order valence-corrected chi connectivity index (χ3v) is 4.94. The van der Waals surface area contributed by atoms with Crippen molar-refractivity contribution in [3.05, 3.63) is 72.2 Å².